The Labute approximate surface area is 99.9 Å². The molecule has 0 saturated heterocycles. The zero-order valence-electron chi connectivity index (χ0n) is 9.58. The Morgan fingerprint density at radius 1 is 1.11 bits per heavy atom. The van der Waals surface area contributed by atoms with Crippen molar-refractivity contribution in [1.82, 2.24) is 10.6 Å². The van der Waals surface area contributed by atoms with Gasteiger partial charge in [0.05, 0.1) is 6.04 Å². The molecular formula is C9H14F6N2O. The lowest BCUT2D eigenvalue weighted by Gasteiger charge is -2.15. The van der Waals surface area contributed by atoms with Gasteiger partial charge in [-0.05, 0) is 19.9 Å². The molecule has 3 nitrogen and oxygen atoms in total. The summed E-state index contributed by atoms with van der Waals surface area (Å²) in [5.74, 6) is -0.903. The van der Waals surface area contributed by atoms with E-state index in [1.165, 1.54) is 6.92 Å². The average Bonchev–Trinajstić information content (AvgIpc) is 2.18. The molecule has 0 radical (unpaired) electrons. The van der Waals surface area contributed by atoms with Gasteiger partial charge in [0.15, 0.2) is 0 Å². The highest BCUT2D eigenvalue weighted by Gasteiger charge is 2.29. The maximum atomic E-state index is 11.8. The second kappa shape index (κ2) is 6.81. The molecule has 0 rings (SSSR count). The predicted molar refractivity (Wildman–Crippen MR) is 51.8 cm³/mol. The molecular weight excluding hydrogens is 266 g/mol. The van der Waals surface area contributed by atoms with E-state index < -0.39 is 37.3 Å². The summed E-state index contributed by atoms with van der Waals surface area (Å²) in [6.45, 7) is -0.278. The fourth-order valence-electron chi connectivity index (χ4n) is 1.04. The van der Waals surface area contributed by atoms with Crippen molar-refractivity contribution in [2.75, 3.05) is 13.1 Å². The Balaban J connectivity index is 3.75. The molecule has 1 atom stereocenters. The SMILES string of the molecule is CC(NCCCC(F)(F)F)C(=O)NCC(F)(F)F. The summed E-state index contributed by atoms with van der Waals surface area (Å²) in [6, 6.07) is -0.972. The second-order valence-electron chi connectivity index (χ2n) is 3.73. The first-order chi connectivity index (χ1) is 8.01. The monoisotopic (exact) mass is 280 g/mol. The van der Waals surface area contributed by atoms with Gasteiger partial charge in [0.1, 0.15) is 6.54 Å². The van der Waals surface area contributed by atoms with Crippen molar-refractivity contribution >= 4 is 5.91 Å². The Hall–Kier alpha value is -0.990. The van der Waals surface area contributed by atoms with Gasteiger partial charge in [-0.3, -0.25) is 4.79 Å². The van der Waals surface area contributed by atoms with E-state index in [1.54, 1.807) is 5.32 Å². The average molecular weight is 280 g/mol. The Morgan fingerprint density at radius 2 is 1.67 bits per heavy atom. The first kappa shape index (κ1) is 17.0. The third-order valence-electron chi connectivity index (χ3n) is 1.94. The van der Waals surface area contributed by atoms with Gasteiger partial charge in [0.25, 0.3) is 0 Å². The number of rotatable bonds is 6. The second-order valence-corrected chi connectivity index (χ2v) is 3.73. The van der Waals surface area contributed by atoms with E-state index in [9.17, 15) is 31.1 Å². The Morgan fingerprint density at radius 3 is 2.11 bits per heavy atom. The minimum absolute atomic E-state index is 0.0971. The van der Waals surface area contributed by atoms with Gasteiger partial charge < -0.3 is 10.6 Å². The van der Waals surface area contributed by atoms with E-state index in [0.717, 1.165) is 0 Å². The summed E-state index contributed by atoms with van der Waals surface area (Å²) in [6.07, 6.45) is -10.0. The summed E-state index contributed by atoms with van der Waals surface area (Å²) in [4.78, 5) is 11.1. The van der Waals surface area contributed by atoms with E-state index in [2.05, 4.69) is 5.32 Å². The van der Waals surface area contributed by atoms with Crippen LogP contribution in [0.5, 0.6) is 0 Å². The number of alkyl halides is 6. The van der Waals surface area contributed by atoms with Crippen LogP contribution in [0.4, 0.5) is 26.3 Å². The molecule has 9 heteroatoms. The van der Waals surface area contributed by atoms with Crippen LogP contribution >= 0.6 is 0 Å². The molecule has 0 aliphatic carbocycles. The third kappa shape index (κ3) is 10.2. The zero-order chi connectivity index (χ0) is 14.4. The largest absolute Gasteiger partial charge is 0.405 e. The molecule has 0 bridgehead atoms. The van der Waals surface area contributed by atoms with Crippen molar-refractivity contribution in [2.45, 2.75) is 38.2 Å². The van der Waals surface area contributed by atoms with Crippen molar-refractivity contribution in [3.63, 3.8) is 0 Å². The lowest BCUT2D eigenvalue weighted by atomic mass is 10.2. The first-order valence-electron chi connectivity index (χ1n) is 5.16. The summed E-state index contributed by atoms with van der Waals surface area (Å²) >= 11 is 0. The molecule has 0 heterocycles. The quantitative estimate of drug-likeness (QED) is 0.577. The molecule has 2 N–H and O–H groups in total. The maximum Gasteiger partial charge on any atom is 0.405 e. The van der Waals surface area contributed by atoms with Crippen LogP contribution in [0.25, 0.3) is 0 Å². The van der Waals surface area contributed by atoms with Gasteiger partial charge in [0.2, 0.25) is 5.91 Å². The lowest BCUT2D eigenvalue weighted by molar-refractivity contribution is -0.139. The zero-order valence-corrected chi connectivity index (χ0v) is 9.58. The molecule has 1 amide bonds. The number of carbonyl (C=O) groups excluding carboxylic acids is 1. The molecule has 0 aliphatic heterocycles. The summed E-state index contributed by atoms with van der Waals surface area (Å²) in [5.41, 5.74) is 0. The molecule has 1 unspecified atom stereocenters. The van der Waals surface area contributed by atoms with Crippen LogP contribution in [0.1, 0.15) is 19.8 Å². The molecule has 0 aliphatic rings. The fourth-order valence-corrected chi connectivity index (χ4v) is 1.04. The smallest absolute Gasteiger partial charge is 0.346 e. The molecule has 0 aromatic rings. The maximum absolute atomic E-state index is 11.8. The number of hydrogen-bond donors (Lipinski definition) is 2. The van der Waals surface area contributed by atoms with Crippen molar-refractivity contribution in [1.29, 1.82) is 0 Å². The minimum atomic E-state index is -4.51. The van der Waals surface area contributed by atoms with E-state index in [-0.39, 0.29) is 13.0 Å². The van der Waals surface area contributed by atoms with Crippen LogP contribution in [-0.4, -0.2) is 37.4 Å². The van der Waals surface area contributed by atoms with E-state index in [4.69, 9.17) is 0 Å². The van der Waals surface area contributed by atoms with Crippen molar-refractivity contribution < 1.29 is 31.1 Å². The van der Waals surface area contributed by atoms with Crippen LogP contribution < -0.4 is 10.6 Å². The standard InChI is InChI=1S/C9H14F6N2O/c1-6(7(18)17-5-9(13,14)15)16-4-2-3-8(10,11)12/h6,16H,2-5H2,1H3,(H,17,18). The van der Waals surface area contributed by atoms with Gasteiger partial charge in [-0.1, -0.05) is 0 Å². The topological polar surface area (TPSA) is 41.1 Å². The molecule has 108 valence electrons. The lowest BCUT2D eigenvalue weighted by Crippen LogP contribution is -2.45. The first-order valence-corrected chi connectivity index (χ1v) is 5.16. The fraction of sp³-hybridized carbons (Fsp3) is 0.889. The predicted octanol–water partition coefficient (Wildman–Crippen LogP) is 1.99. The summed E-state index contributed by atoms with van der Waals surface area (Å²) < 4.78 is 70.5. The van der Waals surface area contributed by atoms with Crippen molar-refractivity contribution in [2.24, 2.45) is 0 Å². The molecule has 0 aromatic carbocycles. The molecule has 0 saturated carbocycles. The molecule has 18 heavy (non-hydrogen) atoms. The van der Waals surface area contributed by atoms with Gasteiger partial charge in [-0.15, -0.1) is 0 Å². The van der Waals surface area contributed by atoms with Crippen LogP contribution in [-0.2, 0) is 4.79 Å². The van der Waals surface area contributed by atoms with Crippen molar-refractivity contribution in [3.8, 4) is 0 Å². The molecule has 0 aromatic heterocycles. The van der Waals surface area contributed by atoms with Gasteiger partial charge >= 0.3 is 12.4 Å². The Bertz CT molecular complexity index is 263. The number of halogens is 6. The normalized spacial score (nSPS) is 14.4. The van der Waals surface area contributed by atoms with Crippen LogP contribution in [0.15, 0.2) is 0 Å². The highest BCUT2D eigenvalue weighted by Crippen LogP contribution is 2.20. The van der Waals surface area contributed by atoms with Gasteiger partial charge in [-0.25, -0.2) is 0 Å². The Kier molecular flexibility index (Phi) is 6.44. The highest BCUT2D eigenvalue weighted by molar-refractivity contribution is 5.81. The van der Waals surface area contributed by atoms with E-state index >= 15 is 0 Å². The number of hydrogen-bond acceptors (Lipinski definition) is 2. The van der Waals surface area contributed by atoms with Crippen LogP contribution in [0.2, 0.25) is 0 Å². The van der Waals surface area contributed by atoms with Crippen LogP contribution in [0.3, 0.4) is 0 Å². The van der Waals surface area contributed by atoms with E-state index in [0.29, 0.717) is 0 Å². The summed E-state index contributed by atoms with van der Waals surface area (Å²) in [5, 5.41) is 4.04. The number of carbonyl (C=O) groups is 1. The number of amides is 1. The molecule has 0 fully saturated rings. The van der Waals surface area contributed by atoms with E-state index in [1.807, 2.05) is 0 Å². The highest BCUT2D eigenvalue weighted by atomic mass is 19.4. The van der Waals surface area contributed by atoms with Gasteiger partial charge in [-0.2, -0.15) is 26.3 Å². The third-order valence-corrected chi connectivity index (χ3v) is 1.94. The van der Waals surface area contributed by atoms with Gasteiger partial charge in [0, 0.05) is 6.42 Å². The minimum Gasteiger partial charge on any atom is -0.346 e. The van der Waals surface area contributed by atoms with Crippen LogP contribution in [0, 0.1) is 0 Å². The van der Waals surface area contributed by atoms with Crippen molar-refractivity contribution in [3.05, 3.63) is 0 Å². The summed E-state index contributed by atoms with van der Waals surface area (Å²) in [7, 11) is 0. The number of nitrogens with one attached hydrogen (secondary N) is 2. The molecule has 0 spiro atoms.